The van der Waals surface area contributed by atoms with Crippen LogP contribution in [0, 0.1) is 0 Å². The van der Waals surface area contributed by atoms with E-state index >= 15 is 0 Å². The Morgan fingerprint density at radius 2 is 2.15 bits per heavy atom. The molecule has 2 aliphatic rings. The monoisotopic (exact) mass is 277 g/mol. The third kappa shape index (κ3) is 2.43. The third-order valence-corrected chi connectivity index (χ3v) is 4.23. The smallest absolute Gasteiger partial charge is 0.323 e. The van der Waals surface area contributed by atoms with Gasteiger partial charge in [0.1, 0.15) is 12.2 Å². The van der Waals surface area contributed by atoms with Crippen LogP contribution in [-0.4, -0.2) is 63.6 Å². The molecular formula is C14H19N3O3. The van der Waals surface area contributed by atoms with Gasteiger partial charge in [-0.2, -0.15) is 0 Å². The standard InChI is InChI=1S/C14H19N3O3/c18-13(19)10-16-6-2-4-12(16)14(20)17-8-7-15-5-1-3-11(15)9-17/h2,4,6,11H,1,3,5,7-10H2,(H,18,19). The first-order valence-corrected chi connectivity index (χ1v) is 7.05. The van der Waals surface area contributed by atoms with E-state index in [0.29, 0.717) is 11.7 Å². The molecule has 2 aliphatic heterocycles. The second kappa shape index (κ2) is 5.28. The molecule has 0 bridgehead atoms. The average molecular weight is 277 g/mol. The summed E-state index contributed by atoms with van der Waals surface area (Å²) in [6.45, 7) is 3.39. The second-order valence-electron chi connectivity index (χ2n) is 5.50. The Morgan fingerprint density at radius 3 is 2.95 bits per heavy atom. The van der Waals surface area contributed by atoms with Crippen LogP contribution in [0.2, 0.25) is 0 Å². The Hall–Kier alpha value is -1.82. The second-order valence-corrected chi connectivity index (χ2v) is 5.50. The van der Waals surface area contributed by atoms with Crippen LogP contribution in [0.25, 0.3) is 0 Å². The molecule has 2 fully saturated rings. The zero-order valence-corrected chi connectivity index (χ0v) is 11.4. The summed E-state index contributed by atoms with van der Waals surface area (Å²) in [6, 6.07) is 3.91. The van der Waals surface area contributed by atoms with Crippen molar-refractivity contribution < 1.29 is 14.7 Å². The van der Waals surface area contributed by atoms with E-state index in [1.807, 2.05) is 4.90 Å². The molecule has 3 rings (SSSR count). The van der Waals surface area contributed by atoms with Crippen molar-refractivity contribution in [3.8, 4) is 0 Å². The molecule has 2 saturated heterocycles. The Labute approximate surface area is 117 Å². The quantitative estimate of drug-likeness (QED) is 0.873. The van der Waals surface area contributed by atoms with Crippen molar-refractivity contribution in [2.45, 2.75) is 25.4 Å². The molecule has 108 valence electrons. The SMILES string of the molecule is O=C(O)Cn1cccc1C(=O)N1CCN2CCCC2C1. The van der Waals surface area contributed by atoms with Gasteiger partial charge in [-0.1, -0.05) is 0 Å². The number of carbonyl (C=O) groups excluding carboxylic acids is 1. The maximum Gasteiger partial charge on any atom is 0.323 e. The summed E-state index contributed by atoms with van der Waals surface area (Å²) in [5, 5.41) is 8.87. The summed E-state index contributed by atoms with van der Waals surface area (Å²) >= 11 is 0. The topological polar surface area (TPSA) is 65.8 Å². The van der Waals surface area contributed by atoms with Gasteiger partial charge in [0.25, 0.3) is 5.91 Å². The molecule has 6 heteroatoms. The van der Waals surface area contributed by atoms with Gasteiger partial charge >= 0.3 is 5.97 Å². The number of nitrogens with zero attached hydrogens (tertiary/aromatic N) is 3. The van der Waals surface area contributed by atoms with Gasteiger partial charge in [0.2, 0.25) is 0 Å². The van der Waals surface area contributed by atoms with Crippen molar-refractivity contribution in [2.24, 2.45) is 0 Å². The van der Waals surface area contributed by atoms with Crippen molar-refractivity contribution in [2.75, 3.05) is 26.2 Å². The lowest BCUT2D eigenvalue weighted by molar-refractivity contribution is -0.137. The minimum atomic E-state index is -0.934. The molecule has 1 unspecified atom stereocenters. The molecule has 1 N–H and O–H groups in total. The number of carboxylic acid groups (broad SMARTS) is 1. The third-order valence-electron chi connectivity index (χ3n) is 4.23. The van der Waals surface area contributed by atoms with E-state index in [1.54, 1.807) is 18.3 Å². The molecule has 1 amide bonds. The number of amides is 1. The van der Waals surface area contributed by atoms with Gasteiger partial charge in [-0.05, 0) is 31.5 Å². The number of hydrogen-bond donors (Lipinski definition) is 1. The van der Waals surface area contributed by atoms with Gasteiger partial charge in [0, 0.05) is 31.9 Å². The minimum absolute atomic E-state index is 0.0530. The lowest BCUT2D eigenvalue weighted by Crippen LogP contribution is -2.52. The number of fused-ring (bicyclic) bond motifs is 1. The Bertz CT molecular complexity index is 525. The maximum absolute atomic E-state index is 12.5. The summed E-state index contributed by atoms with van der Waals surface area (Å²) in [7, 11) is 0. The minimum Gasteiger partial charge on any atom is -0.480 e. The number of aliphatic carboxylic acids is 1. The summed E-state index contributed by atoms with van der Waals surface area (Å²) < 4.78 is 1.51. The predicted molar refractivity (Wildman–Crippen MR) is 72.6 cm³/mol. The number of hydrogen-bond acceptors (Lipinski definition) is 3. The lowest BCUT2D eigenvalue weighted by atomic mass is 10.1. The van der Waals surface area contributed by atoms with Gasteiger partial charge in [-0.15, -0.1) is 0 Å². The van der Waals surface area contributed by atoms with Crippen molar-refractivity contribution in [3.05, 3.63) is 24.0 Å². The normalized spacial score (nSPS) is 22.8. The van der Waals surface area contributed by atoms with E-state index < -0.39 is 5.97 Å². The molecule has 0 radical (unpaired) electrons. The van der Waals surface area contributed by atoms with Gasteiger partial charge in [-0.25, -0.2) is 0 Å². The van der Waals surface area contributed by atoms with Crippen LogP contribution in [0.4, 0.5) is 0 Å². The molecule has 0 aliphatic carbocycles. The highest BCUT2D eigenvalue weighted by molar-refractivity contribution is 5.93. The molecule has 1 atom stereocenters. The molecule has 1 aromatic rings. The van der Waals surface area contributed by atoms with Crippen LogP contribution in [0.3, 0.4) is 0 Å². The summed E-state index contributed by atoms with van der Waals surface area (Å²) in [5.41, 5.74) is 0.471. The summed E-state index contributed by atoms with van der Waals surface area (Å²) in [4.78, 5) is 27.7. The fourth-order valence-electron chi connectivity index (χ4n) is 3.23. The Morgan fingerprint density at radius 1 is 1.30 bits per heavy atom. The van der Waals surface area contributed by atoms with Crippen molar-refractivity contribution in [3.63, 3.8) is 0 Å². The van der Waals surface area contributed by atoms with Crippen LogP contribution < -0.4 is 0 Å². The van der Waals surface area contributed by atoms with E-state index in [2.05, 4.69) is 4.90 Å². The van der Waals surface area contributed by atoms with E-state index in [9.17, 15) is 9.59 Å². The maximum atomic E-state index is 12.5. The Balaban J connectivity index is 1.72. The van der Waals surface area contributed by atoms with Crippen molar-refractivity contribution >= 4 is 11.9 Å². The van der Waals surface area contributed by atoms with E-state index in [4.69, 9.17) is 5.11 Å². The average Bonchev–Trinajstić information content (AvgIpc) is 3.04. The highest BCUT2D eigenvalue weighted by atomic mass is 16.4. The zero-order valence-electron chi connectivity index (χ0n) is 11.4. The fraction of sp³-hybridized carbons (Fsp3) is 0.571. The highest BCUT2D eigenvalue weighted by Crippen LogP contribution is 2.22. The lowest BCUT2D eigenvalue weighted by Gasteiger charge is -2.37. The number of piperazine rings is 1. The molecular weight excluding hydrogens is 258 g/mol. The molecule has 0 spiro atoms. The largest absolute Gasteiger partial charge is 0.480 e. The van der Waals surface area contributed by atoms with Gasteiger partial charge in [0.05, 0.1) is 0 Å². The van der Waals surface area contributed by atoms with Crippen LogP contribution >= 0.6 is 0 Å². The van der Waals surface area contributed by atoms with Crippen LogP contribution in [0.15, 0.2) is 18.3 Å². The van der Waals surface area contributed by atoms with Crippen LogP contribution in [0.5, 0.6) is 0 Å². The summed E-state index contributed by atoms with van der Waals surface area (Å²) in [5.74, 6) is -0.987. The number of rotatable bonds is 3. The first-order valence-electron chi connectivity index (χ1n) is 7.05. The first-order chi connectivity index (χ1) is 9.65. The van der Waals surface area contributed by atoms with Gasteiger partial charge < -0.3 is 14.6 Å². The van der Waals surface area contributed by atoms with Gasteiger partial charge in [-0.3, -0.25) is 14.5 Å². The van der Waals surface area contributed by atoms with Crippen molar-refractivity contribution in [1.29, 1.82) is 0 Å². The van der Waals surface area contributed by atoms with Crippen molar-refractivity contribution in [1.82, 2.24) is 14.4 Å². The first kappa shape index (κ1) is 13.2. The Kier molecular flexibility index (Phi) is 3.48. The molecule has 20 heavy (non-hydrogen) atoms. The predicted octanol–water partition coefficient (Wildman–Crippen LogP) is 0.493. The zero-order chi connectivity index (χ0) is 14.1. The molecule has 6 nitrogen and oxygen atoms in total. The molecule has 0 aromatic carbocycles. The molecule has 1 aromatic heterocycles. The number of carbonyl (C=O) groups is 2. The fourth-order valence-corrected chi connectivity index (χ4v) is 3.23. The van der Waals surface area contributed by atoms with Crippen LogP contribution in [0.1, 0.15) is 23.3 Å². The van der Waals surface area contributed by atoms with Gasteiger partial charge in [0.15, 0.2) is 0 Å². The molecule has 0 saturated carbocycles. The molecule has 3 heterocycles. The highest BCUT2D eigenvalue weighted by Gasteiger charge is 2.33. The number of aromatic nitrogens is 1. The van der Waals surface area contributed by atoms with E-state index in [-0.39, 0.29) is 12.5 Å². The van der Waals surface area contributed by atoms with E-state index in [0.717, 1.165) is 32.6 Å². The summed E-state index contributed by atoms with van der Waals surface area (Å²) in [6.07, 6.45) is 4.01. The van der Waals surface area contributed by atoms with Crippen LogP contribution in [-0.2, 0) is 11.3 Å². The number of carboxylic acids is 1. The van der Waals surface area contributed by atoms with E-state index in [1.165, 1.54) is 11.0 Å².